The summed E-state index contributed by atoms with van der Waals surface area (Å²) in [5.74, 6) is -0.315. The van der Waals surface area contributed by atoms with E-state index in [0.717, 1.165) is 17.1 Å². The summed E-state index contributed by atoms with van der Waals surface area (Å²) in [7, 11) is 0. The van der Waals surface area contributed by atoms with E-state index in [9.17, 15) is 4.79 Å². The fourth-order valence-corrected chi connectivity index (χ4v) is 1.84. The number of carbonyl (C=O) groups excluding carboxylic acids is 1. The average Bonchev–Trinajstić information content (AvgIpc) is 2.94. The number of nitrogens with two attached hydrogens (primary N) is 1. The van der Waals surface area contributed by atoms with Crippen LogP contribution in [0, 0.1) is 6.92 Å². The molecular weight excluding hydrogens is 266 g/mol. The van der Waals surface area contributed by atoms with Crippen molar-refractivity contribution in [2.75, 3.05) is 5.32 Å². The number of benzene rings is 1. The fourth-order valence-electron chi connectivity index (χ4n) is 1.42. The summed E-state index contributed by atoms with van der Waals surface area (Å²) < 4.78 is 3.63. The number of hydrogen-bond acceptors (Lipinski definition) is 6. The van der Waals surface area contributed by atoms with Crippen LogP contribution >= 0.6 is 11.5 Å². The standard InChI is InChI=1S/C11H11N5O2S/c1-6-2-3-7(10(12)15-18)4-8(6)14-11(17)9-5-13-16-19-9/h2-5,18H,1H3,(H2,12,15)(H,14,17). The number of nitrogens with one attached hydrogen (secondary N) is 1. The Hall–Kier alpha value is -2.48. The van der Waals surface area contributed by atoms with Gasteiger partial charge >= 0.3 is 0 Å². The Morgan fingerprint density at radius 3 is 2.95 bits per heavy atom. The SMILES string of the molecule is Cc1ccc(C(N)=NO)cc1NC(=O)c1cnns1. The molecule has 0 aliphatic heterocycles. The summed E-state index contributed by atoms with van der Waals surface area (Å²) >= 11 is 1.01. The van der Waals surface area contributed by atoms with Crippen molar-refractivity contribution in [3.05, 3.63) is 40.4 Å². The van der Waals surface area contributed by atoms with Crippen LogP contribution in [0.3, 0.4) is 0 Å². The summed E-state index contributed by atoms with van der Waals surface area (Å²) in [6.07, 6.45) is 1.39. The van der Waals surface area contributed by atoms with E-state index in [0.29, 0.717) is 16.1 Å². The van der Waals surface area contributed by atoms with Gasteiger partial charge in [-0.3, -0.25) is 4.79 Å². The van der Waals surface area contributed by atoms with Crippen LogP contribution in [0.2, 0.25) is 0 Å². The van der Waals surface area contributed by atoms with Gasteiger partial charge in [0.2, 0.25) is 0 Å². The van der Waals surface area contributed by atoms with Gasteiger partial charge in [0.25, 0.3) is 5.91 Å². The number of amides is 1. The Morgan fingerprint density at radius 2 is 2.32 bits per heavy atom. The van der Waals surface area contributed by atoms with Crippen LogP contribution in [0.25, 0.3) is 0 Å². The molecule has 0 spiro atoms. The first-order valence-electron chi connectivity index (χ1n) is 5.29. The summed E-state index contributed by atoms with van der Waals surface area (Å²) in [5, 5.41) is 17.9. The maximum atomic E-state index is 11.9. The molecule has 0 saturated heterocycles. The van der Waals surface area contributed by atoms with Gasteiger partial charge in [0.05, 0.1) is 6.20 Å². The number of nitrogens with zero attached hydrogens (tertiary/aromatic N) is 3. The molecule has 1 heterocycles. The monoisotopic (exact) mass is 277 g/mol. The Labute approximate surface area is 112 Å². The van der Waals surface area contributed by atoms with E-state index in [-0.39, 0.29) is 11.7 Å². The van der Waals surface area contributed by atoms with Crippen molar-refractivity contribution < 1.29 is 10.0 Å². The number of amidine groups is 1. The number of anilines is 1. The van der Waals surface area contributed by atoms with Crippen molar-refractivity contribution in [2.24, 2.45) is 10.9 Å². The number of aromatic nitrogens is 2. The maximum Gasteiger partial charge on any atom is 0.269 e. The molecule has 4 N–H and O–H groups in total. The molecule has 1 amide bonds. The highest BCUT2D eigenvalue weighted by Gasteiger charge is 2.11. The molecule has 0 saturated carbocycles. The lowest BCUT2D eigenvalue weighted by molar-refractivity contribution is 0.103. The second-order valence-corrected chi connectivity index (χ2v) is 4.54. The minimum atomic E-state index is -0.297. The van der Waals surface area contributed by atoms with Crippen molar-refractivity contribution >= 4 is 29.0 Å². The number of aryl methyl sites for hydroxylation is 1. The van der Waals surface area contributed by atoms with Gasteiger partial charge in [-0.15, -0.1) is 5.10 Å². The molecule has 98 valence electrons. The quantitative estimate of drug-likeness (QED) is 0.337. The van der Waals surface area contributed by atoms with Crippen LogP contribution in [-0.2, 0) is 0 Å². The Balaban J connectivity index is 2.27. The minimum Gasteiger partial charge on any atom is -0.409 e. The van der Waals surface area contributed by atoms with Gasteiger partial charge < -0.3 is 16.3 Å². The van der Waals surface area contributed by atoms with Crippen molar-refractivity contribution in [1.82, 2.24) is 9.59 Å². The summed E-state index contributed by atoms with van der Waals surface area (Å²) in [6, 6.07) is 5.11. The molecule has 0 unspecified atom stereocenters. The molecule has 8 heteroatoms. The zero-order chi connectivity index (χ0) is 13.8. The first-order chi connectivity index (χ1) is 9.11. The maximum absolute atomic E-state index is 11.9. The molecule has 0 fully saturated rings. The molecule has 19 heavy (non-hydrogen) atoms. The van der Waals surface area contributed by atoms with Gasteiger partial charge in [-0.1, -0.05) is 21.8 Å². The molecule has 7 nitrogen and oxygen atoms in total. The number of hydrogen-bond donors (Lipinski definition) is 3. The third-order valence-corrected chi connectivity index (χ3v) is 3.14. The second kappa shape index (κ2) is 5.44. The lowest BCUT2D eigenvalue weighted by Gasteiger charge is -2.09. The third-order valence-electron chi connectivity index (χ3n) is 2.47. The molecule has 0 atom stereocenters. The van der Waals surface area contributed by atoms with Crippen LogP contribution in [0.1, 0.15) is 20.8 Å². The van der Waals surface area contributed by atoms with Crippen molar-refractivity contribution in [2.45, 2.75) is 6.92 Å². The van der Waals surface area contributed by atoms with Gasteiger partial charge in [0.1, 0.15) is 4.88 Å². The Morgan fingerprint density at radius 1 is 1.53 bits per heavy atom. The van der Waals surface area contributed by atoms with Crippen LogP contribution in [0.4, 0.5) is 5.69 Å². The molecule has 0 aliphatic rings. The van der Waals surface area contributed by atoms with Gasteiger partial charge in [-0.2, -0.15) is 0 Å². The molecule has 1 aromatic heterocycles. The minimum absolute atomic E-state index is 0.0186. The lowest BCUT2D eigenvalue weighted by atomic mass is 10.1. The lowest BCUT2D eigenvalue weighted by Crippen LogP contribution is -2.15. The van der Waals surface area contributed by atoms with Crippen LogP contribution in [-0.4, -0.2) is 26.5 Å². The number of rotatable bonds is 3. The number of oxime groups is 1. The van der Waals surface area contributed by atoms with Gasteiger partial charge in [-0.25, -0.2) is 0 Å². The second-order valence-electron chi connectivity index (χ2n) is 3.75. The van der Waals surface area contributed by atoms with Crippen LogP contribution in [0.5, 0.6) is 0 Å². The molecule has 2 rings (SSSR count). The first kappa shape index (κ1) is 13.0. The highest BCUT2D eigenvalue weighted by molar-refractivity contribution is 7.07. The predicted molar refractivity (Wildman–Crippen MR) is 71.6 cm³/mol. The molecule has 1 aromatic carbocycles. The Bertz CT molecular complexity index is 624. The average molecular weight is 277 g/mol. The topological polar surface area (TPSA) is 113 Å². The van der Waals surface area contributed by atoms with Crippen LogP contribution < -0.4 is 11.1 Å². The zero-order valence-corrected chi connectivity index (χ0v) is 10.8. The fraction of sp³-hybridized carbons (Fsp3) is 0.0909. The first-order valence-corrected chi connectivity index (χ1v) is 6.06. The van der Waals surface area contributed by atoms with Gasteiger partial charge in [0, 0.05) is 11.3 Å². The molecule has 2 aromatic rings. The molecule has 0 bridgehead atoms. The van der Waals surface area contributed by atoms with E-state index in [1.54, 1.807) is 18.2 Å². The molecule has 0 radical (unpaired) electrons. The Kier molecular flexibility index (Phi) is 3.71. The highest BCUT2D eigenvalue weighted by Crippen LogP contribution is 2.18. The predicted octanol–water partition coefficient (Wildman–Crippen LogP) is 1.19. The van der Waals surface area contributed by atoms with E-state index in [1.165, 1.54) is 6.20 Å². The van der Waals surface area contributed by atoms with Crippen molar-refractivity contribution in [3.8, 4) is 0 Å². The molecular formula is C11H11N5O2S. The van der Waals surface area contributed by atoms with Gasteiger partial charge in [-0.05, 0) is 30.1 Å². The highest BCUT2D eigenvalue weighted by atomic mass is 32.1. The van der Waals surface area contributed by atoms with E-state index in [1.807, 2.05) is 6.92 Å². The third kappa shape index (κ3) is 2.86. The molecule has 0 aliphatic carbocycles. The summed E-state index contributed by atoms with van der Waals surface area (Å²) in [5.41, 5.74) is 7.47. The van der Waals surface area contributed by atoms with Crippen molar-refractivity contribution in [3.63, 3.8) is 0 Å². The largest absolute Gasteiger partial charge is 0.409 e. The van der Waals surface area contributed by atoms with Crippen LogP contribution in [0.15, 0.2) is 29.6 Å². The smallest absolute Gasteiger partial charge is 0.269 e. The van der Waals surface area contributed by atoms with E-state index in [2.05, 4.69) is 20.1 Å². The summed E-state index contributed by atoms with van der Waals surface area (Å²) in [4.78, 5) is 12.3. The normalized spacial score (nSPS) is 11.3. The van der Waals surface area contributed by atoms with E-state index < -0.39 is 0 Å². The number of carbonyl (C=O) groups is 1. The van der Waals surface area contributed by atoms with E-state index in [4.69, 9.17) is 10.9 Å². The summed E-state index contributed by atoms with van der Waals surface area (Å²) in [6.45, 7) is 1.84. The van der Waals surface area contributed by atoms with Crippen molar-refractivity contribution in [1.29, 1.82) is 0 Å². The van der Waals surface area contributed by atoms with E-state index >= 15 is 0 Å². The van der Waals surface area contributed by atoms with Gasteiger partial charge in [0.15, 0.2) is 5.84 Å². The zero-order valence-electron chi connectivity index (χ0n) is 9.99.